The Bertz CT molecular complexity index is 876. The number of nitrogens with zero attached hydrogens (tertiary/aromatic N) is 1. The molecule has 28 heavy (non-hydrogen) atoms. The zero-order valence-corrected chi connectivity index (χ0v) is 17.0. The van der Waals surface area contributed by atoms with Gasteiger partial charge in [0.25, 0.3) is 0 Å². The molecule has 148 valence electrons. The second-order valence-electron chi connectivity index (χ2n) is 7.49. The van der Waals surface area contributed by atoms with Gasteiger partial charge in [-0.1, -0.05) is 44.2 Å². The molecule has 1 N–H and O–H groups in total. The van der Waals surface area contributed by atoms with Crippen molar-refractivity contribution >= 4 is 23.2 Å². The van der Waals surface area contributed by atoms with Gasteiger partial charge in [-0.3, -0.25) is 9.59 Å². The summed E-state index contributed by atoms with van der Waals surface area (Å²) >= 11 is 0. The molecule has 2 aromatic carbocycles. The molecule has 1 aliphatic rings. The number of ether oxygens (including phenoxy) is 1. The first-order chi connectivity index (χ1) is 13.4. The van der Waals surface area contributed by atoms with Crippen LogP contribution in [0.15, 0.2) is 42.5 Å². The fourth-order valence-electron chi connectivity index (χ4n) is 3.70. The SMILES string of the molecule is CCOc1ccccc1NC(=O)C1CC(=O)N(c2c(C)cccc2C(C)C)C1. The third-order valence-corrected chi connectivity index (χ3v) is 5.10. The van der Waals surface area contributed by atoms with Gasteiger partial charge in [-0.15, -0.1) is 0 Å². The van der Waals surface area contributed by atoms with E-state index in [0.29, 0.717) is 30.5 Å². The summed E-state index contributed by atoms with van der Waals surface area (Å²) in [6, 6.07) is 13.5. The highest BCUT2D eigenvalue weighted by Crippen LogP contribution is 2.35. The second kappa shape index (κ2) is 8.46. The summed E-state index contributed by atoms with van der Waals surface area (Å²) in [4.78, 5) is 27.4. The average molecular weight is 380 g/mol. The summed E-state index contributed by atoms with van der Waals surface area (Å²) < 4.78 is 5.58. The zero-order chi connectivity index (χ0) is 20.3. The minimum absolute atomic E-state index is 0.00515. The molecule has 2 amide bonds. The third kappa shape index (κ3) is 4.03. The molecule has 2 aromatic rings. The molecule has 0 saturated carbocycles. The first-order valence-electron chi connectivity index (χ1n) is 9.85. The standard InChI is InChI=1S/C23H28N2O3/c1-5-28-20-12-7-6-11-19(20)24-23(27)17-13-21(26)25(14-17)22-16(4)9-8-10-18(22)15(2)3/h6-12,15,17H,5,13-14H2,1-4H3,(H,24,27). The molecule has 1 heterocycles. The molecular formula is C23H28N2O3. The molecule has 0 bridgehead atoms. The molecular weight excluding hydrogens is 352 g/mol. The molecule has 1 saturated heterocycles. The number of anilines is 2. The van der Waals surface area contributed by atoms with Crippen molar-refractivity contribution in [2.45, 2.75) is 40.0 Å². The van der Waals surface area contributed by atoms with Crippen molar-refractivity contribution in [1.29, 1.82) is 0 Å². The van der Waals surface area contributed by atoms with Gasteiger partial charge in [0, 0.05) is 18.7 Å². The monoisotopic (exact) mass is 380 g/mol. The molecule has 0 aliphatic carbocycles. The summed E-state index contributed by atoms with van der Waals surface area (Å²) in [5.41, 5.74) is 3.78. The highest BCUT2D eigenvalue weighted by molar-refractivity contribution is 6.04. The van der Waals surface area contributed by atoms with E-state index in [0.717, 1.165) is 16.8 Å². The fourth-order valence-corrected chi connectivity index (χ4v) is 3.70. The summed E-state index contributed by atoms with van der Waals surface area (Å²) in [5.74, 6) is 0.396. The Labute approximate surface area is 166 Å². The van der Waals surface area contributed by atoms with Crippen LogP contribution in [0.25, 0.3) is 0 Å². The zero-order valence-electron chi connectivity index (χ0n) is 17.0. The molecule has 0 spiro atoms. The van der Waals surface area contributed by atoms with Crippen LogP contribution in [0.3, 0.4) is 0 Å². The molecule has 0 aromatic heterocycles. The van der Waals surface area contributed by atoms with Gasteiger partial charge in [-0.2, -0.15) is 0 Å². The number of nitrogens with one attached hydrogen (secondary N) is 1. The largest absolute Gasteiger partial charge is 0.492 e. The fraction of sp³-hybridized carbons (Fsp3) is 0.391. The Morgan fingerprint density at radius 3 is 2.68 bits per heavy atom. The number of carbonyl (C=O) groups is 2. The first kappa shape index (κ1) is 19.9. The molecule has 1 fully saturated rings. The Kier molecular flexibility index (Phi) is 6.02. The maximum absolute atomic E-state index is 12.9. The van der Waals surface area contributed by atoms with Gasteiger partial charge in [0.15, 0.2) is 0 Å². The van der Waals surface area contributed by atoms with Gasteiger partial charge < -0.3 is 15.0 Å². The third-order valence-electron chi connectivity index (χ3n) is 5.10. The van der Waals surface area contributed by atoms with Crippen LogP contribution in [-0.4, -0.2) is 25.0 Å². The summed E-state index contributed by atoms with van der Waals surface area (Å²) in [6.07, 6.45) is 0.217. The predicted molar refractivity (Wildman–Crippen MR) is 112 cm³/mol. The molecule has 5 nitrogen and oxygen atoms in total. The Hall–Kier alpha value is -2.82. The van der Waals surface area contributed by atoms with Crippen molar-refractivity contribution in [3.8, 4) is 5.75 Å². The van der Waals surface area contributed by atoms with Crippen LogP contribution >= 0.6 is 0 Å². The molecule has 1 unspecified atom stereocenters. The van der Waals surface area contributed by atoms with E-state index < -0.39 is 0 Å². The summed E-state index contributed by atoms with van der Waals surface area (Å²) in [7, 11) is 0. The Balaban J connectivity index is 1.80. The van der Waals surface area contributed by atoms with Crippen LogP contribution in [0.4, 0.5) is 11.4 Å². The topological polar surface area (TPSA) is 58.6 Å². The van der Waals surface area contributed by atoms with Crippen LogP contribution in [0.1, 0.15) is 44.2 Å². The number of amides is 2. The molecule has 0 radical (unpaired) electrons. The van der Waals surface area contributed by atoms with Crippen molar-refractivity contribution in [3.05, 3.63) is 53.6 Å². The lowest BCUT2D eigenvalue weighted by molar-refractivity contribution is -0.122. The van der Waals surface area contributed by atoms with E-state index in [2.05, 4.69) is 25.2 Å². The summed E-state index contributed by atoms with van der Waals surface area (Å²) in [6.45, 7) is 9.07. The number of para-hydroxylation sites is 3. The van der Waals surface area contributed by atoms with Crippen LogP contribution < -0.4 is 15.0 Å². The van der Waals surface area contributed by atoms with Crippen molar-refractivity contribution in [2.24, 2.45) is 5.92 Å². The lowest BCUT2D eigenvalue weighted by atomic mass is 9.97. The highest BCUT2D eigenvalue weighted by Gasteiger charge is 2.37. The lowest BCUT2D eigenvalue weighted by Gasteiger charge is -2.24. The lowest BCUT2D eigenvalue weighted by Crippen LogP contribution is -2.29. The van der Waals surface area contributed by atoms with Gasteiger partial charge in [0.1, 0.15) is 5.75 Å². The van der Waals surface area contributed by atoms with Crippen LogP contribution in [0.2, 0.25) is 0 Å². The van der Waals surface area contributed by atoms with Crippen molar-refractivity contribution in [2.75, 3.05) is 23.4 Å². The number of rotatable bonds is 6. The van der Waals surface area contributed by atoms with E-state index in [1.807, 2.05) is 50.2 Å². The van der Waals surface area contributed by atoms with Gasteiger partial charge in [-0.25, -0.2) is 0 Å². The molecule has 3 rings (SSSR count). The minimum atomic E-state index is -0.387. The number of hydrogen-bond donors (Lipinski definition) is 1. The van der Waals surface area contributed by atoms with E-state index in [1.54, 1.807) is 4.90 Å². The van der Waals surface area contributed by atoms with Crippen molar-refractivity contribution in [3.63, 3.8) is 0 Å². The van der Waals surface area contributed by atoms with Crippen molar-refractivity contribution in [1.82, 2.24) is 0 Å². The first-order valence-corrected chi connectivity index (χ1v) is 9.85. The van der Waals surface area contributed by atoms with Gasteiger partial charge in [-0.05, 0) is 43.0 Å². The predicted octanol–water partition coefficient (Wildman–Crippen LogP) is 4.51. The normalized spacial score (nSPS) is 16.5. The van der Waals surface area contributed by atoms with Gasteiger partial charge in [0.2, 0.25) is 11.8 Å². The number of benzene rings is 2. The van der Waals surface area contributed by atoms with Crippen molar-refractivity contribution < 1.29 is 14.3 Å². The van der Waals surface area contributed by atoms with Crippen LogP contribution in [0, 0.1) is 12.8 Å². The van der Waals surface area contributed by atoms with E-state index in [9.17, 15) is 9.59 Å². The van der Waals surface area contributed by atoms with Crippen LogP contribution in [0.5, 0.6) is 5.75 Å². The summed E-state index contributed by atoms with van der Waals surface area (Å²) in [5, 5.41) is 2.94. The van der Waals surface area contributed by atoms with E-state index >= 15 is 0 Å². The maximum Gasteiger partial charge on any atom is 0.229 e. The quantitative estimate of drug-likeness (QED) is 0.802. The average Bonchev–Trinajstić information content (AvgIpc) is 3.04. The number of carbonyl (C=O) groups excluding carboxylic acids is 2. The molecule has 5 heteroatoms. The Morgan fingerprint density at radius 2 is 1.96 bits per heavy atom. The van der Waals surface area contributed by atoms with E-state index in [1.165, 1.54) is 0 Å². The Morgan fingerprint density at radius 1 is 1.21 bits per heavy atom. The highest BCUT2D eigenvalue weighted by atomic mass is 16.5. The molecule has 1 atom stereocenters. The van der Waals surface area contributed by atoms with Gasteiger partial charge >= 0.3 is 0 Å². The molecule has 1 aliphatic heterocycles. The second-order valence-corrected chi connectivity index (χ2v) is 7.49. The smallest absolute Gasteiger partial charge is 0.229 e. The van der Waals surface area contributed by atoms with Crippen LogP contribution in [-0.2, 0) is 9.59 Å². The van der Waals surface area contributed by atoms with E-state index in [4.69, 9.17) is 4.74 Å². The van der Waals surface area contributed by atoms with E-state index in [-0.39, 0.29) is 24.2 Å². The number of aryl methyl sites for hydroxylation is 1. The maximum atomic E-state index is 12.9. The number of hydrogen-bond acceptors (Lipinski definition) is 3. The minimum Gasteiger partial charge on any atom is -0.492 e. The van der Waals surface area contributed by atoms with Gasteiger partial charge in [0.05, 0.1) is 18.2 Å².